The number of carboxylic acids is 1. The molecule has 0 radical (unpaired) electrons. The lowest BCUT2D eigenvalue weighted by atomic mass is 10.00. The molecule has 0 bridgehead atoms. The monoisotopic (exact) mass is 261 g/mol. The number of carbonyl (C=O) groups is 2. The molecule has 5 nitrogen and oxygen atoms in total. The molecule has 1 aliphatic carbocycles. The summed E-state index contributed by atoms with van der Waals surface area (Å²) < 4.78 is 5.12. The number of benzene rings is 1. The number of rotatable bonds is 5. The van der Waals surface area contributed by atoms with Gasteiger partial charge in [0.1, 0.15) is 0 Å². The molecule has 0 spiro atoms. The fourth-order valence-corrected chi connectivity index (χ4v) is 3.07. The Balaban J connectivity index is 1.78. The molecule has 3 N–H and O–H groups in total. The van der Waals surface area contributed by atoms with Gasteiger partial charge in [-0.1, -0.05) is 30.3 Å². The van der Waals surface area contributed by atoms with E-state index in [1.807, 2.05) is 30.3 Å². The first kappa shape index (κ1) is 12.2. The standard InChI is InChI=1S/C14H15NO4/c15-12(16)10-9(6-8-4-2-1-3-5-8)11(10)14(7-19-14)13(17)18/h1-5,9-11H,6-7H2,(H2,15,16)(H,17,18)/t9-,10?,11-,14?/m0/s1. The summed E-state index contributed by atoms with van der Waals surface area (Å²) in [5, 5.41) is 9.22. The number of carboxylic acid groups (broad SMARTS) is 1. The highest BCUT2D eigenvalue weighted by Crippen LogP contribution is 2.59. The van der Waals surface area contributed by atoms with E-state index in [0.29, 0.717) is 6.42 Å². The molecule has 2 fully saturated rings. The van der Waals surface area contributed by atoms with E-state index >= 15 is 0 Å². The zero-order valence-corrected chi connectivity index (χ0v) is 10.3. The van der Waals surface area contributed by atoms with Crippen molar-refractivity contribution in [3.63, 3.8) is 0 Å². The average Bonchev–Trinajstić information content (AvgIpc) is 3.22. The van der Waals surface area contributed by atoms with Crippen LogP contribution < -0.4 is 5.73 Å². The molecule has 0 aromatic heterocycles. The van der Waals surface area contributed by atoms with Crippen molar-refractivity contribution in [1.82, 2.24) is 0 Å². The predicted molar refractivity (Wildman–Crippen MR) is 66.1 cm³/mol. The minimum Gasteiger partial charge on any atom is -0.479 e. The molecule has 1 saturated heterocycles. The van der Waals surface area contributed by atoms with Gasteiger partial charge in [-0.2, -0.15) is 0 Å². The summed E-state index contributed by atoms with van der Waals surface area (Å²) in [5.74, 6) is -2.12. The van der Waals surface area contributed by atoms with Crippen LogP contribution in [0.1, 0.15) is 5.56 Å². The van der Waals surface area contributed by atoms with Gasteiger partial charge in [0.05, 0.1) is 6.61 Å². The summed E-state index contributed by atoms with van der Waals surface area (Å²) in [5.41, 5.74) is 5.29. The lowest BCUT2D eigenvalue weighted by Crippen LogP contribution is -2.30. The quantitative estimate of drug-likeness (QED) is 0.752. The molecule has 100 valence electrons. The Morgan fingerprint density at radius 2 is 2.00 bits per heavy atom. The van der Waals surface area contributed by atoms with Crippen LogP contribution in [0.5, 0.6) is 0 Å². The van der Waals surface area contributed by atoms with Crippen LogP contribution in [0, 0.1) is 17.8 Å². The molecule has 4 atom stereocenters. The minimum atomic E-state index is -1.17. The van der Waals surface area contributed by atoms with Crippen LogP contribution in [0.4, 0.5) is 0 Å². The highest BCUT2D eigenvalue weighted by molar-refractivity contribution is 5.87. The SMILES string of the molecule is NC(=O)C1[C@@H](C2(C(=O)O)CO2)[C@H]1Cc1ccccc1. The average molecular weight is 261 g/mol. The van der Waals surface area contributed by atoms with Crippen LogP contribution in [0.2, 0.25) is 0 Å². The third-order valence-corrected chi connectivity index (χ3v) is 4.17. The Labute approximate surface area is 110 Å². The minimum absolute atomic E-state index is 0.0292. The van der Waals surface area contributed by atoms with Crippen LogP contribution in [-0.2, 0) is 20.7 Å². The summed E-state index contributed by atoms with van der Waals surface area (Å²) in [7, 11) is 0. The fraction of sp³-hybridized carbons (Fsp3) is 0.429. The van der Waals surface area contributed by atoms with E-state index in [1.165, 1.54) is 0 Å². The van der Waals surface area contributed by atoms with Gasteiger partial charge in [0, 0.05) is 11.8 Å². The van der Waals surface area contributed by atoms with E-state index in [-0.39, 0.29) is 24.4 Å². The Kier molecular flexibility index (Phi) is 2.60. The van der Waals surface area contributed by atoms with E-state index in [0.717, 1.165) is 5.56 Å². The first-order chi connectivity index (χ1) is 9.06. The van der Waals surface area contributed by atoms with Crippen molar-refractivity contribution in [2.45, 2.75) is 12.0 Å². The first-order valence-electron chi connectivity index (χ1n) is 6.27. The van der Waals surface area contributed by atoms with Crippen molar-refractivity contribution in [1.29, 1.82) is 0 Å². The summed E-state index contributed by atoms with van der Waals surface area (Å²) in [6, 6.07) is 9.70. The number of epoxide rings is 1. The van der Waals surface area contributed by atoms with Gasteiger partial charge in [-0.25, -0.2) is 4.79 Å². The second-order valence-electron chi connectivity index (χ2n) is 5.29. The lowest BCUT2D eigenvalue weighted by Gasteiger charge is -2.05. The summed E-state index contributed by atoms with van der Waals surface area (Å²) >= 11 is 0. The molecular formula is C14H15NO4. The summed E-state index contributed by atoms with van der Waals surface area (Å²) in [6.45, 7) is 0.183. The largest absolute Gasteiger partial charge is 0.479 e. The van der Waals surface area contributed by atoms with Gasteiger partial charge in [-0.3, -0.25) is 4.79 Å². The van der Waals surface area contributed by atoms with Crippen molar-refractivity contribution in [3.05, 3.63) is 35.9 Å². The Bertz CT molecular complexity index is 524. The van der Waals surface area contributed by atoms with E-state index in [1.54, 1.807) is 0 Å². The molecule has 1 saturated carbocycles. The maximum atomic E-state index is 11.4. The Morgan fingerprint density at radius 1 is 1.37 bits per heavy atom. The highest BCUT2D eigenvalue weighted by atomic mass is 16.6. The molecule has 1 aliphatic heterocycles. The third-order valence-electron chi connectivity index (χ3n) is 4.17. The maximum Gasteiger partial charge on any atom is 0.338 e. The topological polar surface area (TPSA) is 92.9 Å². The van der Waals surface area contributed by atoms with Gasteiger partial charge in [0.25, 0.3) is 0 Å². The number of nitrogens with two attached hydrogens (primary N) is 1. The molecule has 1 heterocycles. The normalized spacial score (nSPS) is 35.7. The number of primary amides is 1. The van der Waals surface area contributed by atoms with Crippen molar-refractivity contribution in [2.75, 3.05) is 6.61 Å². The molecule has 3 rings (SSSR count). The van der Waals surface area contributed by atoms with Gasteiger partial charge < -0.3 is 15.6 Å². The lowest BCUT2D eigenvalue weighted by molar-refractivity contribution is -0.144. The molecule has 1 aromatic carbocycles. The second kappa shape index (κ2) is 4.06. The van der Waals surface area contributed by atoms with E-state index in [9.17, 15) is 14.7 Å². The predicted octanol–water partition coefficient (Wildman–Crippen LogP) is 0.430. The van der Waals surface area contributed by atoms with Crippen LogP contribution in [0.25, 0.3) is 0 Å². The zero-order chi connectivity index (χ0) is 13.6. The second-order valence-corrected chi connectivity index (χ2v) is 5.29. The molecular weight excluding hydrogens is 246 g/mol. The molecule has 1 aromatic rings. The van der Waals surface area contributed by atoms with E-state index in [4.69, 9.17) is 10.5 Å². The van der Waals surface area contributed by atoms with Crippen molar-refractivity contribution in [3.8, 4) is 0 Å². The van der Waals surface area contributed by atoms with Gasteiger partial charge in [-0.05, 0) is 17.9 Å². The fourth-order valence-electron chi connectivity index (χ4n) is 3.07. The molecule has 5 heteroatoms. The first-order valence-corrected chi connectivity index (χ1v) is 6.27. The molecule has 2 unspecified atom stereocenters. The van der Waals surface area contributed by atoms with Crippen LogP contribution in [-0.4, -0.2) is 29.2 Å². The van der Waals surface area contributed by atoms with Crippen LogP contribution in [0.15, 0.2) is 30.3 Å². The molecule has 2 aliphatic rings. The number of ether oxygens (including phenoxy) is 1. The van der Waals surface area contributed by atoms with Crippen LogP contribution >= 0.6 is 0 Å². The van der Waals surface area contributed by atoms with Gasteiger partial charge in [0.15, 0.2) is 5.60 Å². The van der Waals surface area contributed by atoms with E-state index in [2.05, 4.69) is 0 Å². The number of hydrogen-bond donors (Lipinski definition) is 2. The summed E-state index contributed by atoms with van der Waals surface area (Å²) in [6.07, 6.45) is 0.664. The van der Waals surface area contributed by atoms with Crippen molar-refractivity contribution in [2.24, 2.45) is 23.5 Å². The smallest absolute Gasteiger partial charge is 0.338 e. The zero-order valence-electron chi connectivity index (χ0n) is 10.3. The molecule has 19 heavy (non-hydrogen) atoms. The highest BCUT2D eigenvalue weighted by Gasteiger charge is 2.73. The summed E-state index contributed by atoms with van der Waals surface area (Å²) in [4.78, 5) is 22.7. The maximum absolute atomic E-state index is 11.4. The Morgan fingerprint density at radius 3 is 2.47 bits per heavy atom. The van der Waals surface area contributed by atoms with Gasteiger partial charge in [-0.15, -0.1) is 0 Å². The number of amides is 1. The number of aliphatic carboxylic acids is 1. The van der Waals surface area contributed by atoms with Gasteiger partial charge >= 0.3 is 5.97 Å². The van der Waals surface area contributed by atoms with Gasteiger partial charge in [0.2, 0.25) is 5.91 Å². The van der Waals surface area contributed by atoms with Crippen molar-refractivity contribution >= 4 is 11.9 Å². The number of hydrogen-bond acceptors (Lipinski definition) is 3. The molecule has 1 amide bonds. The third kappa shape index (κ3) is 1.90. The van der Waals surface area contributed by atoms with Crippen molar-refractivity contribution < 1.29 is 19.4 Å². The van der Waals surface area contributed by atoms with Crippen LogP contribution in [0.3, 0.4) is 0 Å². The Hall–Kier alpha value is -1.88. The van der Waals surface area contributed by atoms with E-state index < -0.39 is 17.5 Å². The number of carbonyl (C=O) groups excluding carboxylic acids is 1.